The van der Waals surface area contributed by atoms with E-state index >= 15 is 0 Å². The summed E-state index contributed by atoms with van der Waals surface area (Å²) in [5.74, 6) is 0.933. The number of ether oxygens (including phenoxy) is 1. The van der Waals surface area contributed by atoms with Crippen LogP contribution in [0.1, 0.15) is 32.6 Å². The molecule has 0 N–H and O–H groups in total. The normalized spacial score (nSPS) is 27.2. The first-order valence-electron chi connectivity index (χ1n) is 4.87. The smallest absolute Gasteiger partial charge is 0.305 e. The standard InChI is InChI=1S/C11H18O2/c1-8(2)10-6-4-5-9(10)7-11(12)13-3/h9-10H,1,4-7H2,2-3H3/t9-,10+/m0/s1. The molecule has 13 heavy (non-hydrogen) atoms. The van der Waals surface area contributed by atoms with Gasteiger partial charge in [0.05, 0.1) is 7.11 Å². The van der Waals surface area contributed by atoms with Crippen LogP contribution in [0, 0.1) is 11.8 Å². The van der Waals surface area contributed by atoms with Gasteiger partial charge >= 0.3 is 5.97 Å². The molecule has 1 rings (SSSR count). The minimum absolute atomic E-state index is 0.0850. The van der Waals surface area contributed by atoms with E-state index in [2.05, 4.69) is 18.2 Å². The molecule has 0 unspecified atom stereocenters. The van der Waals surface area contributed by atoms with Gasteiger partial charge < -0.3 is 4.74 Å². The lowest BCUT2D eigenvalue weighted by molar-refractivity contribution is -0.141. The van der Waals surface area contributed by atoms with Gasteiger partial charge in [-0.1, -0.05) is 18.6 Å². The summed E-state index contributed by atoms with van der Waals surface area (Å²) in [6.07, 6.45) is 4.12. The quantitative estimate of drug-likeness (QED) is 0.495. The average molecular weight is 182 g/mol. The highest BCUT2D eigenvalue weighted by Gasteiger charge is 2.29. The van der Waals surface area contributed by atoms with E-state index in [4.69, 9.17) is 0 Å². The van der Waals surface area contributed by atoms with Crippen LogP contribution in [0.5, 0.6) is 0 Å². The van der Waals surface area contributed by atoms with Crippen LogP contribution in [0.3, 0.4) is 0 Å². The van der Waals surface area contributed by atoms with Gasteiger partial charge in [0.15, 0.2) is 0 Å². The van der Waals surface area contributed by atoms with E-state index in [-0.39, 0.29) is 5.97 Å². The van der Waals surface area contributed by atoms with Crippen LogP contribution in [-0.2, 0) is 9.53 Å². The Hall–Kier alpha value is -0.790. The maximum absolute atomic E-state index is 11.1. The molecule has 0 saturated heterocycles. The Kier molecular flexibility index (Phi) is 3.52. The Bertz CT molecular complexity index is 208. The molecular weight excluding hydrogens is 164 g/mol. The van der Waals surface area contributed by atoms with Gasteiger partial charge in [0, 0.05) is 6.42 Å². The average Bonchev–Trinajstić information content (AvgIpc) is 2.52. The third-order valence-corrected chi connectivity index (χ3v) is 2.95. The van der Waals surface area contributed by atoms with Gasteiger partial charge in [-0.15, -0.1) is 0 Å². The number of esters is 1. The number of carbonyl (C=O) groups excluding carboxylic acids is 1. The van der Waals surface area contributed by atoms with Crippen molar-refractivity contribution in [1.82, 2.24) is 0 Å². The van der Waals surface area contributed by atoms with Crippen molar-refractivity contribution in [3.05, 3.63) is 12.2 Å². The Morgan fingerprint density at radius 3 is 2.77 bits per heavy atom. The first kappa shape index (κ1) is 10.3. The van der Waals surface area contributed by atoms with Crippen LogP contribution in [0.25, 0.3) is 0 Å². The van der Waals surface area contributed by atoms with Crippen LogP contribution >= 0.6 is 0 Å². The molecule has 2 heteroatoms. The fourth-order valence-corrected chi connectivity index (χ4v) is 2.23. The van der Waals surface area contributed by atoms with E-state index in [9.17, 15) is 4.79 Å². The van der Waals surface area contributed by atoms with Crippen LogP contribution in [0.2, 0.25) is 0 Å². The Balaban J connectivity index is 2.48. The molecule has 1 saturated carbocycles. The van der Waals surface area contributed by atoms with Crippen molar-refractivity contribution in [3.63, 3.8) is 0 Å². The zero-order valence-electron chi connectivity index (χ0n) is 8.51. The lowest BCUT2D eigenvalue weighted by Crippen LogP contribution is -2.14. The fraction of sp³-hybridized carbons (Fsp3) is 0.727. The fourth-order valence-electron chi connectivity index (χ4n) is 2.23. The SMILES string of the molecule is C=C(C)[C@H]1CCC[C@H]1CC(=O)OC. The molecule has 1 fully saturated rings. The summed E-state index contributed by atoms with van der Waals surface area (Å²) < 4.78 is 4.67. The molecule has 0 radical (unpaired) electrons. The Morgan fingerprint density at radius 2 is 2.23 bits per heavy atom. The lowest BCUT2D eigenvalue weighted by atomic mass is 9.88. The predicted octanol–water partition coefficient (Wildman–Crippen LogP) is 2.54. The summed E-state index contributed by atoms with van der Waals surface area (Å²) in [7, 11) is 1.45. The monoisotopic (exact) mass is 182 g/mol. The summed E-state index contributed by atoms with van der Waals surface area (Å²) in [4.78, 5) is 11.1. The van der Waals surface area contributed by atoms with Gasteiger partial charge in [-0.05, 0) is 31.6 Å². The van der Waals surface area contributed by atoms with E-state index in [1.165, 1.54) is 25.5 Å². The summed E-state index contributed by atoms with van der Waals surface area (Å²) in [6.45, 7) is 6.02. The number of rotatable bonds is 3. The molecule has 0 aromatic carbocycles. The van der Waals surface area contributed by atoms with Crippen LogP contribution in [0.4, 0.5) is 0 Å². The lowest BCUT2D eigenvalue weighted by Gasteiger charge is -2.18. The molecule has 0 aliphatic heterocycles. The highest BCUT2D eigenvalue weighted by atomic mass is 16.5. The molecule has 1 aliphatic carbocycles. The van der Waals surface area contributed by atoms with Crippen molar-refractivity contribution >= 4 is 5.97 Å². The third-order valence-electron chi connectivity index (χ3n) is 2.95. The number of methoxy groups -OCH3 is 1. The highest BCUT2D eigenvalue weighted by Crippen LogP contribution is 2.38. The van der Waals surface area contributed by atoms with Gasteiger partial charge in [0.1, 0.15) is 0 Å². The minimum Gasteiger partial charge on any atom is -0.469 e. The number of hydrogen-bond acceptors (Lipinski definition) is 2. The summed E-state index contributed by atoms with van der Waals surface area (Å²) >= 11 is 0. The van der Waals surface area contributed by atoms with Crippen molar-refractivity contribution in [2.45, 2.75) is 32.6 Å². The zero-order valence-corrected chi connectivity index (χ0v) is 8.51. The van der Waals surface area contributed by atoms with Gasteiger partial charge in [-0.3, -0.25) is 4.79 Å². The highest BCUT2D eigenvalue weighted by molar-refractivity contribution is 5.69. The molecule has 0 aromatic heterocycles. The summed E-state index contributed by atoms with van der Waals surface area (Å²) in [6, 6.07) is 0. The van der Waals surface area contributed by atoms with Crippen LogP contribution in [0.15, 0.2) is 12.2 Å². The predicted molar refractivity (Wildman–Crippen MR) is 52.3 cm³/mol. The maximum atomic E-state index is 11.1. The Labute approximate surface area is 80.0 Å². The second kappa shape index (κ2) is 4.45. The molecule has 1 aliphatic rings. The third kappa shape index (κ3) is 2.58. The number of allylic oxidation sites excluding steroid dienone is 1. The van der Waals surface area contributed by atoms with Crippen molar-refractivity contribution in [2.75, 3.05) is 7.11 Å². The van der Waals surface area contributed by atoms with Crippen molar-refractivity contribution in [2.24, 2.45) is 11.8 Å². The van der Waals surface area contributed by atoms with Gasteiger partial charge in [-0.25, -0.2) is 0 Å². The van der Waals surface area contributed by atoms with Gasteiger partial charge in [0.2, 0.25) is 0 Å². The first-order chi connectivity index (χ1) is 6.15. The molecular formula is C11H18O2. The molecule has 74 valence electrons. The number of hydrogen-bond donors (Lipinski definition) is 0. The molecule has 2 atom stereocenters. The summed E-state index contributed by atoms with van der Waals surface area (Å²) in [5.41, 5.74) is 1.21. The number of carbonyl (C=O) groups is 1. The second-order valence-electron chi connectivity index (χ2n) is 3.92. The van der Waals surface area contributed by atoms with Crippen molar-refractivity contribution < 1.29 is 9.53 Å². The van der Waals surface area contributed by atoms with E-state index in [1.54, 1.807) is 0 Å². The minimum atomic E-state index is -0.0850. The molecule has 0 spiro atoms. The van der Waals surface area contributed by atoms with Crippen molar-refractivity contribution in [1.29, 1.82) is 0 Å². The first-order valence-corrected chi connectivity index (χ1v) is 4.87. The van der Waals surface area contributed by atoms with E-state index in [1.807, 2.05) is 0 Å². The largest absolute Gasteiger partial charge is 0.469 e. The van der Waals surface area contributed by atoms with E-state index in [0.717, 1.165) is 6.42 Å². The van der Waals surface area contributed by atoms with E-state index < -0.39 is 0 Å². The second-order valence-corrected chi connectivity index (χ2v) is 3.92. The van der Waals surface area contributed by atoms with Gasteiger partial charge in [0.25, 0.3) is 0 Å². The molecule has 0 heterocycles. The molecule has 2 nitrogen and oxygen atoms in total. The molecule has 0 bridgehead atoms. The van der Waals surface area contributed by atoms with Gasteiger partial charge in [-0.2, -0.15) is 0 Å². The van der Waals surface area contributed by atoms with E-state index in [0.29, 0.717) is 18.3 Å². The zero-order chi connectivity index (χ0) is 9.84. The van der Waals surface area contributed by atoms with Crippen molar-refractivity contribution in [3.8, 4) is 0 Å². The molecule has 0 amide bonds. The van der Waals surface area contributed by atoms with Crippen LogP contribution < -0.4 is 0 Å². The maximum Gasteiger partial charge on any atom is 0.305 e. The topological polar surface area (TPSA) is 26.3 Å². The summed E-state index contributed by atoms with van der Waals surface area (Å²) in [5, 5.41) is 0. The van der Waals surface area contributed by atoms with Crippen LogP contribution in [-0.4, -0.2) is 13.1 Å². The molecule has 0 aromatic rings. The Morgan fingerprint density at radius 1 is 1.54 bits per heavy atom.